The van der Waals surface area contributed by atoms with Crippen molar-refractivity contribution >= 4 is 12.0 Å². The smallest absolute Gasteiger partial charge is 0.317 e. The van der Waals surface area contributed by atoms with E-state index in [-0.39, 0.29) is 11.4 Å². The molecule has 3 rings (SSSR count). The van der Waals surface area contributed by atoms with Crippen molar-refractivity contribution in [2.75, 3.05) is 19.6 Å². The molecule has 1 saturated carbocycles. The first-order chi connectivity index (χ1) is 10.6. The molecular formula is C17H22N2O3. The van der Waals surface area contributed by atoms with Gasteiger partial charge in [0.15, 0.2) is 0 Å². The molecule has 1 aromatic rings. The minimum atomic E-state index is -0.810. The summed E-state index contributed by atoms with van der Waals surface area (Å²) >= 11 is 0. The van der Waals surface area contributed by atoms with Gasteiger partial charge in [-0.05, 0) is 24.8 Å². The zero-order chi connectivity index (χ0) is 15.6. The molecule has 5 nitrogen and oxygen atoms in total. The minimum Gasteiger partial charge on any atom is -0.481 e. The third kappa shape index (κ3) is 2.80. The van der Waals surface area contributed by atoms with E-state index < -0.39 is 11.9 Å². The Morgan fingerprint density at radius 1 is 1.27 bits per heavy atom. The number of carboxylic acids is 1. The molecule has 0 spiro atoms. The van der Waals surface area contributed by atoms with Crippen LogP contribution in [-0.2, 0) is 10.2 Å². The summed E-state index contributed by atoms with van der Waals surface area (Å²) < 4.78 is 0. The van der Waals surface area contributed by atoms with Gasteiger partial charge >= 0.3 is 12.0 Å². The van der Waals surface area contributed by atoms with Crippen LogP contribution in [0.1, 0.15) is 31.2 Å². The Bertz CT molecular complexity index is 554. The highest BCUT2D eigenvalue weighted by atomic mass is 16.4. The molecule has 2 N–H and O–H groups in total. The van der Waals surface area contributed by atoms with Gasteiger partial charge in [-0.1, -0.05) is 36.8 Å². The molecule has 0 aromatic heterocycles. The molecule has 0 bridgehead atoms. The molecule has 2 fully saturated rings. The topological polar surface area (TPSA) is 69.6 Å². The van der Waals surface area contributed by atoms with E-state index in [1.165, 1.54) is 12.0 Å². The first kappa shape index (κ1) is 14.9. The van der Waals surface area contributed by atoms with E-state index >= 15 is 0 Å². The van der Waals surface area contributed by atoms with Crippen molar-refractivity contribution in [3.63, 3.8) is 0 Å². The summed E-state index contributed by atoms with van der Waals surface area (Å²) in [7, 11) is 0. The number of carbonyl (C=O) groups is 2. The van der Waals surface area contributed by atoms with E-state index in [9.17, 15) is 9.59 Å². The quantitative estimate of drug-likeness (QED) is 0.896. The molecule has 1 aliphatic carbocycles. The number of rotatable bonds is 4. The van der Waals surface area contributed by atoms with Gasteiger partial charge in [0, 0.05) is 25.0 Å². The van der Waals surface area contributed by atoms with Gasteiger partial charge in [-0.15, -0.1) is 0 Å². The molecule has 5 heteroatoms. The summed E-state index contributed by atoms with van der Waals surface area (Å²) in [5.74, 6) is -1.23. The maximum atomic E-state index is 12.3. The van der Waals surface area contributed by atoms with Gasteiger partial charge in [-0.2, -0.15) is 0 Å². The van der Waals surface area contributed by atoms with Gasteiger partial charge < -0.3 is 15.3 Å². The van der Waals surface area contributed by atoms with Crippen LogP contribution in [-0.4, -0.2) is 41.6 Å². The van der Waals surface area contributed by atoms with Crippen LogP contribution < -0.4 is 5.32 Å². The highest BCUT2D eigenvalue weighted by molar-refractivity contribution is 5.77. The van der Waals surface area contributed by atoms with Crippen molar-refractivity contribution in [2.45, 2.75) is 31.1 Å². The summed E-state index contributed by atoms with van der Waals surface area (Å²) in [4.78, 5) is 24.8. The van der Waals surface area contributed by atoms with Crippen molar-refractivity contribution in [1.29, 1.82) is 0 Å². The van der Waals surface area contributed by atoms with Gasteiger partial charge in [0.05, 0.1) is 5.92 Å². The lowest BCUT2D eigenvalue weighted by molar-refractivity contribution is -0.141. The first-order valence-corrected chi connectivity index (χ1v) is 7.92. The van der Waals surface area contributed by atoms with Gasteiger partial charge in [-0.25, -0.2) is 4.79 Å². The van der Waals surface area contributed by atoms with E-state index in [0.717, 1.165) is 12.8 Å². The van der Waals surface area contributed by atoms with Crippen molar-refractivity contribution in [1.82, 2.24) is 10.2 Å². The molecule has 22 heavy (non-hydrogen) atoms. The number of nitrogens with one attached hydrogen (secondary N) is 1. The maximum Gasteiger partial charge on any atom is 0.317 e. The molecule has 118 valence electrons. The van der Waals surface area contributed by atoms with Crippen LogP contribution in [0.25, 0.3) is 0 Å². The Labute approximate surface area is 130 Å². The third-order valence-electron chi connectivity index (χ3n) is 5.10. The lowest BCUT2D eigenvalue weighted by atomic mass is 9.64. The Hall–Kier alpha value is -2.04. The molecule has 1 saturated heterocycles. The number of aliphatic carboxylic acids is 1. The summed E-state index contributed by atoms with van der Waals surface area (Å²) in [5.41, 5.74) is 1.34. The van der Waals surface area contributed by atoms with Crippen molar-refractivity contribution in [2.24, 2.45) is 5.92 Å². The van der Waals surface area contributed by atoms with Crippen molar-refractivity contribution < 1.29 is 14.7 Å². The zero-order valence-corrected chi connectivity index (χ0v) is 12.6. The van der Waals surface area contributed by atoms with Crippen LogP contribution in [0.5, 0.6) is 0 Å². The van der Waals surface area contributed by atoms with Crippen LogP contribution in [0.2, 0.25) is 0 Å². The molecule has 0 radical (unpaired) electrons. The fraction of sp³-hybridized carbons (Fsp3) is 0.529. The summed E-state index contributed by atoms with van der Waals surface area (Å²) in [6.07, 6.45) is 3.92. The monoisotopic (exact) mass is 302 g/mol. The number of amides is 2. The molecular weight excluding hydrogens is 280 g/mol. The summed E-state index contributed by atoms with van der Waals surface area (Å²) in [5, 5.41) is 12.0. The molecule has 2 amide bonds. The fourth-order valence-electron chi connectivity index (χ4n) is 3.47. The maximum absolute atomic E-state index is 12.3. The van der Waals surface area contributed by atoms with Gasteiger partial charge in [-0.3, -0.25) is 4.79 Å². The number of benzene rings is 1. The Kier molecular flexibility index (Phi) is 4.05. The van der Waals surface area contributed by atoms with Crippen LogP contribution in [0.3, 0.4) is 0 Å². The number of hydrogen-bond donors (Lipinski definition) is 2. The fourth-order valence-corrected chi connectivity index (χ4v) is 3.47. The second kappa shape index (κ2) is 5.99. The predicted octanol–water partition coefficient (Wildman–Crippen LogP) is 2.22. The van der Waals surface area contributed by atoms with E-state index in [1.54, 1.807) is 4.90 Å². The Balaban J connectivity index is 1.58. The highest BCUT2D eigenvalue weighted by Crippen LogP contribution is 2.43. The van der Waals surface area contributed by atoms with Gasteiger partial charge in [0.2, 0.25) is 0 Å². The van der Waals surface area contributed by atoms with Gasteiger partial charge in [0.25, 0.3) is 0 Å². The average Bonchev–Trinajstić information content (AvgIpc) is 2.97. The molecule has 1 aliphatic heterocycles. The van der Waals surface area contributed by atoms with E-state index in [1.807, 2.05) is 18.2 Å². The SMILES string of the molecule is O=C(O)C1CCN(C(=O)NCC2(c3ccccc3)CCC2)C1. The standard InChI is InChI=1S/C17H22N2O3/c20-15(21)13-7-10-19(11-13)16(22)18-12-17(8-4-9-17)14-5-2-1-3-6-14/h1-3,5-6,13H,4,7-12H2,(H,18,22)(H,20,21). The minimum absolute atomic E-state index is 0.0584. The van der Waals surface area contributed by atoms with E-state index in [2.05, 4.69) is 17.4 Å². The van der Waals surface area contributed by atoms with Crippen molar-refractivity contribution in [3.8, 4) is 0 Å². The second-order valence-corrected chi connectivity index (χ2v) is 6.43. The number of carbonyl (C=O) groups excluding carboxylic acids is 1. The molecule has 1 atom stereocenters. The Morgan fingerprint density at radius 2 is 2.00 bits per heavy atom. The number of hydrogen-bond acceptors (Lipinski definition) is 2. The molecule has 2 aliphatic rings. The van der Waals surface area contributed by atoms with Crippen LogP contribution >= 0.6 is 0 Å². The van der Waals surface area contributed by atoms with Gasteiger partial charge in [0.1, 0.15) is 0 Å². The first-order valence-electron chi connectivity index (χ1n) is 7.92. The largest absolute Gasteiger partial charge is 0.481 e. The third-order valence-corrected chi connectivity index (χ3v) is 5.10. The van der Waals surface area contributed by atoms with E-state index in [4.69, 9.17) is 5.11 Å². The van der Waals surface area contributed by atoms with E-state index in [0.29, 0.717) is 26.1 Å². The summed E-state index contributed by atoms with van der Waals surface area (Å²) in [6, 6.07) is 10.2. The molecule has 1 heterocycles. The predicted molar refractivity (Wildman–Crippen MR) is 82.7 cm³/mol. The lowest BCUT2D eigenvalue weighted by Gasteiger charge is -2.43. The number of urea groups is 1. The number of nitrogens with zero attached hydrogens (tertiary/aromatic N) is 1. The summed E-state index contributed by atoms with van der Waals surface area (Å²) in [6.45, 7) is 1.48. The Morgan fingerprint density at radius 3 is 2.55 bits per heavy atom. The normalized spacial score (nSPS) is 22.9. The zero-order valence-electron chi connectivity index (χ0n) is 12.6. The highest BCUT2D eigenvalue weighted by Gasteiger charge is 2.39. The van der Waals surface area contributed by atoms with Crippen LogP contribution in [0.15, 0.2) is 30.3 Å². The number of carboxylic acid groups (broad SMARTS) is 1. The molecule has 1 unspecified atom stereocenters. The molecule has 1 aromatic carbocycles. The second-order valence-electron chi connectivity index (χ2n) is 6.43. The van der Waals surface area contributed by atoms with Crippen LogP contribution in [0, 0.1) is 5.92 Å². The number of likely N-dealkylation sites (tertiary alicyclic amines) is 1. The average molecular weight is 302 g/mol. The lowest BCUT2D eigenvalue weighted by Crippen LogP contribution is -2.49. The van der Waals surface area contributed by atoms with Crippen molar-refractivity contribution in [3.05, 3.63) is 35.9 Å². The van der Waals surface area contributed by atoms with Crippen LogP contribution in [0.4, 0.5) is 4.79 Å².